The van der Waals surface area contributed by atoms with Crippen molar-refractivity contribution in [1.82, 2.24) is 4.90 Å². The number of piperidine rings is 1. The first-order valence-corrected chi connectivity index (χ1v) is 11.2. The van der Waals surface area contributed by atoms with E-state index in [1.807, 2.05) is 29.5 Å². The maximum Gasteiger partial charge on any atom is 0.226 e. The minimum absolute atomic E-state index is 0.00693. The third-order valence-corrected chi connectivity index (χ3v) is 6.18. The first-order valence-electron chi connectivity index (χ1n) is 9.99. The summed E-state index contributed by atoms with van der Waals surface area (Å²) in [5, 5.41) is 0. The van der Waals surface area contributed by atoms with Crippen molar-refractivity contribution in [2.75, 3.05) is 19.3 Å². The van der Waals surface area contributed by atoms with Crippen LogP contribution < -0.4 is 0 Å². The van der Waals surface area contributed by atoms with E-state index in [0.29, 0.717) is 18.0 Å². The van der Waals surface area contributed by atoms with Crippen molar-refractivity contribution in [2.24, 2.45) is 16.2 Å². The van der Waals surface area contributed by atoms with E-state index in [2.05, 4.69) is 4.40 Å². The molecule has 0 spiro atoms. The Labute approximate surface area is 174 Å². The van der Waals surface area contributed by atoms with Crippen molar-refractivity contribution in [2.45, 2.75) is 25.2 Å². The Morgan fingerprint density at radius 2 is 1.93 bits per heavy atom. The van der Waals surface area contributed by atoms with Crippen molar-refractivity contribution in [3.05, 3.63) is 59.7 Å². The molecule has 2 aliphatic rings. The van der Waals surface area contributed by atoms with E-state index in [0.717, 1.165) is 31.4 Å². The summed E-state index contributed by atoms with van der Waals surface area (Å²) in [6.45, 7) is 1.48. The maximum atomic E-state index is 14.4. The number of rotatable bonds is 5. The molecule has 29 heavy (non-hydrogen) atoms. The van der Waals surface area contributed by atoms with Gasteiger partial charge in [0.15, 0.2) is 0 Å². The van der Waals surface area contributed by atoms with E-state index in [9.17, 15) is 13.6 Å². The number of hydrogen-bond acceptors (Lipinski definition) is 3. The topological polar surface area (TPSA) is 32.7 Å². The summed E-state index contributed by atoms with van der Waals surface area (Å²) in [4.78, 5) is 15.0. The van der Waals surface area contributed by atoms with Crippen LogP contribution in [0, 0.1) is 23.5 Å². The number of halogens is 2. The predicted octanol–water partition coefficient (Wildman–Crippen LogP) is 5.32. The van der Waals surface area contributed by atoms with E-state index >= 15 is 0 Å². The molecule has 1 unspecified atom stereocenters. The summed E-state index contributed by atoms with van der Waals surface area (Å²) in [7, 11) is 0. The summed E-state index contributed by atoms with van der Waals surface area (Å²) < 4.78 is 33.0. The van der Waals surface area contributed by atoms with Crippen LogP contribution in [0.5, 0.6) is 0 Å². The van der Waals surface area contributed by atoms with Gasteiger partial charge < -0.3 is 4.90 Å². The summed E-state index contributed by atoms with van der Waals surface area (Å²) in [6, 6.07) is 11.2. The lowest BCUT2D eigenvalue weighted by Gasteiger charge is -2.31. The minimum Gasteiger partial charge on any atom is -0.342 e. The highest BCUT2D eigenvalue weighted by Gasteiger charge is 2.47. The molecule has 3 nitrogen and oxygen atoms in total. The average Bonchev–Trinajstić information content (AvgIpc) is 3.53. The Morgan fingerprint density at radius 1 is 1.17 bits per heavy atom. The molecule has 2 aromatic rings. The number of likely N-dealkylation sites (tertiary alicyclic amines) is 1. The van der Waals surface area contributed by atoms with Crippen LogP contribution in [-0.4, -0.2) is 36.4 Å². The number of carbonyl (C=O) groups excluding carboxylic acids is 1. The molecule has 2 aromatic carbocycles. The second-order valence-corrected chi connectivity index (χ2v) is 8.33. The number of nitrogens with zero attached hydrogens (tertiary/aromatic N) is 2. The molecule has 4 rings (SSSR count). The summed E-state index contributed by atoms with van der Waals surface area (Å²) in [5.74, 6) is -0.792. The summed E-state index contributed by atoms with van der Waals surface area (Å²) in [6.07, 6.45) is 6.63. The maximum absolute atomic E-state index is 14.4. The highest BCUT2D eigenvalue weighted by atomic mass is 32.2. The van der Waals surface area contributed by atoms with Gasteiger partial charge in [-0.1, -0.05) is 30.3 Å². The van der Waals surface area contributed by atoms with Gasteiger partial charge in [-0.3, -0.25) is 4.79 Å². The Kier molecular flexibility index (Phi) is 5.99. The van der Waals surface area contributed by atoms with Crippen molar-refractivity contribution < 1.29 is 13.6 Å². The fraction of sp³-hybridized carbons (Fsp3) is 0.391. The molecule has 1 amide bonds. The van der Waals surface area contributed by atoms with Crippen LogP contribution in [0.2, 0.25) is 0 Å². The fourth-order valence-electron chi connectivity index (χ4n) is 4.33. The van der Waals surface area contributed by atoms with Gasteiger partial charge in [-0.25, -0.2) is 13.2 Å². The average molecular weight is 415 g/mol. The third kappa shape index (κ3) is 4.22. The zero-order valence-corrected chi connectivity index (χ0v) is 17.2. The molecule has 2 fully saturated rings. The van der Waals surface area contributed by atoms with Crippen LogP contribution in [0.3, 0.4) is 0 Å². The van der Waals surface area contributed by atoms with Gasteiger partial charge in [0.05, 0.1) is 5.56 Å². The molecule has 0 N–H and O–H groups in total. The molecule has 1 aliphatic carbocycles. The monoisotopic (exact) mass is 414 g/mol. The standard InChI is InChI=1S/C23H24F2N2OS/c1-29-26-13-15-6-5-11-27(14-15)23(28)19-12-18(19)16-7-2-3-8-17(16)22-20(24)9-4-10-21(22)25/h2-4,7-10,13,15,18-19H,5-6,11-12,14H2,1H3/b26-13-/t15?,18-,19+/m0/s1. The van der Waals surface area contributed by atoms with Gasteiger partial charge >= 0.3 is 0 Å². The Balaban J connectivity index is 1.53. The molecular weight excluding hydrogens is 390 g/mol. The quantitative estimate of drug-likeness (QED) is 0.490. The molecule has 0 bridgehead atoms. The predicted molar refractivity (Wildman–Crippen MR) is 114 cm³/mol. The highest BCUT2D eigenvalue weighted by Crippen LogP contribution is 2.51. The number of amides is 1. The van der Waals surface area contributed by atoms with Crippen LogP contribution in [-0.2, 0) is 4.79 Å². The van der Waals surface area contributed by atoms with Gasteiger partial charge in [0.1, 0.15) is 11.6 Å². The van der Waals surface area contributed by atoms with E-state index in [4.69, 9.17) is 0 Å². The zero-order chi connectivity index (χ0) is 20.4. The lowest BCUT2D eigenvalue weighted by atomic mass is 9.94. The minimum atomic E-state index is -0.576. The lowest BCUT2D eigenvalue weighted by molar-refractivity contribution is -0.134. The van der Waals surface area contributed by atoms with E-state index in [-0.39, 0.29) is 23.3 Å². The van der Waals surface area contributed by atoms with Gasteiger partial charge in [-0.15, -0.1) is 0 Å². The van der Waals surface area contributed by atoms with E-state index in [1.165, 1.54) is 30.1 Å². The van der Waals surface area contributed by atoms with Crippen LogP contribution in [0.25, 0.3) is 11.1 Å². The number of carbonyl (C=O) groups is 1. The van der Waals surface area contributed by atoms with Crippen molar-refractivity contribution >= 4 is 24.1 Å². The Bertz CT molecular complexity index is 913. The van der Waals surface area contributed by atoms with Gasteiger partial charge in [-0.05, 0) is 60.4 Å². The third-order valence-electron chi connectivity index (χ3n) is 5.85. The normalized spacial score (nSPS) is 24.1. The first kappa shape index (κ1) is 20.1. The smallest absolute Gasteiger partial charge is 0.226 e. The molecule has 1 saturated carbocycles. The van der Waals surface area contributed by atoms with Crippen LogP contribution in [0.15, 0.2) is 46.9 Å². The Morgan fingerprint density at radius 3 is 2.69 bits per heavy atom. The summed E-state index contributed by atoms with van der Waals surface area (Å²) in [5.41, 5.74) is 1.40. The molecule has 1 saturated heterocycles. The largest absolute Gasteiger partial charge is 0.342 e. The van der Waals surface area contributed by atoms with Gasteiger partial charge in [-0.2, -0.15) is 0 Å². The van der Waals surface area contributed by atoms with Crippen LogP contribution in [0.1, 0.15) is 30.7 Å². The second kappa shape index (κ2) is 8.66. The zero-order valence-electron chi connectivity index (χ0n) is 16.4. The second-order valence-electron chi connectivity index (χ2n) is 7.76. The van der Waals surface area contributed by atoms with Crippen molar-refractivity contribution in [1.29, 1.82) is 0 Å². The van der Waals surface area contributed by atoms with E-state index in [1.54, 1.807) is 12.1 Å². The van der Waals surface area contributed by atoms with Crippen molar-refractivity contribution in [3.63, 3.8) is 0 Å². The molecule has 3 atom stereocenters. The SMILES string of the molecule is CS/N=C\C1CCCN(C(=O)[C@@H]2C[C@H]2c2ccccc2-c2c(F)cccc2F)C1. The van der Waals surface area contributed by atoms with Crippen molar-refractivity contribution in [3.8, 4) is 11.1 Å². The van der Waals surface area contributed by atoms with Gasteiger partial charge in [0, 0.05) is 37.4 Å². The Hall–Kier alpha value is -2.21. The fourth-order valence-corrected chi connectivity index (χ4v) is 4.62. The first-order chi connectivity index (χ1) is 14.1. The van der Waals surface area contributed by atoms with Gasteiger partial charge in [0.2, 0.25) is 5.91 Å². The van der Waals surface area contributed by atoms with Crippen LogP contribution >= 0.6 is 11.9 Å². The molecule has 152 valence electrons. The molecular formula is C23H24F2N2OS. The lowest BCUT2D eigenvalue weighted by Crippen LogP contribution is -2.41. The van der Waals surface area contributed by atoms with Gasteiger partial charge in [0.25, 0.3) is 0 Å². The molecule has 0 aromatic heterocycles. The van der Waals surface area contributed by atoms with E-state index < -0.39 is 11.6 Å². The highest BCUT2D eigenvalue weighted by molar-refractivity contribution is 7.97. The molecule has 0 radical (unpaired) electrons. The number of hydrogen-bond donors (Lipinski definition) is 0. The van der Waals surface area contributed by atoms with Crippen LogP contribution in [0.4, 0.5) is 8.78 Å². The molecule has 1 aliphatic heterocycles. The number of benzene rings is 2. The molecule has 6 heteroatoms. The molecule has 1 heterocycles. The summed E-state index contributed by atoms with van der Waals surface area (Å²) >= 11 is 1.43.